The van der Waals surface area contributed by atoms with Crippen LogP contribution >= 0.6 is 0 Å². The topological polar surface area (TPSA) is 66.0 Å². The number of hydrogen-bond acceptors (Lipinski definition) is 3. The van der Waals surface area contributed by atoms with Crippen LogP contribution in [0.5, 0.6) is 0 Å². The summed E-state index contributed by atoms with van der Waals surface area (Å²) in [4.78, 5) is 11.7. The molecule has 0 aliphatic carbocycles. The molecule has 0 saturated heterocycles. The Kier molecular flexibility index (Phi) is 3.94. The Balaban J connectivity index is 1.97. The van der Waals surface area contributed by atoms with E-state index in [1.54, 1.807) is 18.4 Å². The van der Waals surface area contributed by atoms with Crippen molar-refractivity contribution in [3.8, 4) is 6.07 Å². The van der Waals surface area contributed by atoms with Crippen molar-refractivity contribution in [3.05, 3.63) is 53.7 Å². The number of carbonyl (C=O) groups excluding carboxylic acids is 1. The third kappa shape index (κ3) is 3.42. The number of carbonyl (C=O) groups is 1. The van der Waals surface area contributed by atoms with E-state index in [4.69, 9.17) is 9.68 Å². The summed E-state index contributed by atoms with van der Waals surface area (Å²) < 4.78 is 18.0. The maximum atomic E-state index is 12.9. The second-order valence-corrected chi connectivity index (χ2v) is 3.93. The summed E-state index contributed by atoms with van der Waals surface area (Å²) in [5.74, 6) is -0.0422. The number of amides is 1. The SMILES string of the molecule is N#Cc1cc(F)ccc1NC(=O)CCc1ccco1. The minimum Gasteiger partial charge on any atom is -0.469 e. The highest BCUT2D eigenvalue weighted by Crippen LogP contribution is 2.16. The summed E-state index contributed by atoms with van der Waals surface area (Å²) in [6.45, 7) is 0. The number of rotatable bonds is 4. The van der Waals surface area contributed by atoms with Crippen LogP contribution < -0.4 is 5.32 Å². The van der Waals surface area contributed by atoms with Gasteiger partial charge in [-0.1, -0.05) is 0 Å². The molecule has 0 bridgehead atoms. The molecule has 0 aliphatic rings. The summed E-state index contributed by atoms with van der Waals surface area (Å²) in [5.41, 5.74) is 0.416. The summed E-state index contributed by atoms with van der Waals surface area (Å²) in [7, 11) is 0. The van der Waals surface area contributed by atoms with Gasteiger partial charge in [0.05, 0.1) is 17.5 Å². The summed E-state index contributed by atoms with van der Waals surface area (Å²) in [6.07, 6.45) is 2.25. The zero-order chi connectivity index (χ0) is 13.7. The van der Waals surface area contributed by atoms with Crippen LogP contribution in [0.15, 0.2) is 41.0 Å². The minimum absolute atomic E-state index is 0.103. The van der Waals surface area contributed by atoms with Crippen LogP contribution in [0.25, 0.3) is 0 Å². The molecule has 2 rings (SSSR count). The predicted molar refractivity (Wildman–Crippen MR) is 66.8 cm³/mol. The van der Waals surface area contributed by atoms with E-state index in [1.807, 2.05) is 6.07 Å². The largest absolute Gasteiger partial charge is 0.469 e. The molecule has 0 saturated carbocycles. The number of aryl methyl sites for hydroxylation is 1. The highest BCUT2D eigenvalue weighted by Gasteiger charge is 2.08. The van der Waals surface area contributed by atoms with Gasteiger partial charge in [0.1, 0.15) is 17.6 Å². The van der Waals surface area contributed by atoms with E-state index in [9.17, 15) is 9.18 Å². The molecule has 0 atom stereocenters. The van der Waals surface area contributed by atoms with Crippen molar-refractivity contribution >= 4 is 11.6 Å². The van der Waals surface area contributed by atoms with E-state index in [0.29, 0.717) is 12.1 Å². The molecule has 1 aromatic carbocycles. The molecule has 19 heavy (non-hydrogen) atoms. The van der Waals surface area contributed by atoms with Gasteiger partial charge in [-0.3, -0.25) is 4.79 Å². The Bertz CT molecular complexity index is 615. The molecule has 0 fully saturated rings. The third-order valence-corrected chi connectivity index (χ3v) is 2.55. The van der Waals surface area contributed by atoms with E-state index in [0.717, 1.165) is 11.8 Å². The van der Waals surface area contributed by atoms with E-state index in [2.05, 4.69) is 5.32 Å². The van der Waals surface area contributed by atoms with Crippen LogP contribution in [-0.2, 0) is 11.2 Å². The lowest BCUT2D eigenvalue weighted by molar-refractivity contribution is -0.116. The van der Waals surface area contributed by atoms with Gasteiger partial charge in [0.15, 0.2) is 0 Å². The lowest BCUT2D eigenvalue weighted by Gasteiger charge is -2.06. The standard InChI is InChI=1S/C14H11FN2O2/c15-11-3-5-13(10(8-11)9-16)17-14(18)6-4-12-2-1-7-19-12/h1-3,5,7-8H,4,6H2,(H,17,18). The number of hydrogen-bond donors (Lipinski definition) is 1. The molecule has 2 aromatic rings. The highest BCUT2D eigenvalue weighted by molar-refractivity contribution is 5.92. The van der Waals surface area contributed by atoms with Gasteiger partial charge in [-0.05, 0) is 30.3 Å². The molecule has 0 radical (unpaired) electrons. The Hall–Kier alpha value is -2.61. The van der Waals surface area contributed by atoms with Crippen molar-refractivity contribution < 1.29 is 13.6 Å². The number of anilines is 1. The molecular formula is C14H11FN2O2. The average molecular weight is 258 g/mol. The predicted octanol–water partition coefficient (Wildman–Crippen LogP) is 2.86. The maximum Gasteiger partial charge on any atom is 0.224 e. The van der Waals surface area contributed by atoms with Crippen LogP contribution in [0.1, 0.15) is 17.7 Å². The molecule has 0 aliphatic heterocycles. The molecule has 1 N–H and O–H groups in total. The Morgan fingerprint density at radius 1 is 1.42 bits per heavy atom. The quantitative estimate of drug-likeness (QED) is 0.916. The number of furan rings is 1. The van der Waals surface area contributed by atoms with Crippen molar-refractivity contribution in [1.82, 2.24) is 0 Å². The number of nitriles is 1. The summed E-state index contributed by atoms with van der Waals surface area (Å²) in [6, 6.07) is 9.03. The number of nitrogens with zero attached hydrogens (tertiary/aromatic N) is 1. The van der Waals surface area contributed by atoms with Gasteiger partial charge in [0, 0.05) is 12.8 Å². The van der Waals surface area contributed by atoms with Crippen LogP contribution in [0.4, 0.5) is 10.1 Å². The molecular weight excluding hydrogens is 247 g/mol. The molecule has 0 unspecified atom stereocenters. The fourth-order valence-electron chi connectivity index (χ4n) is 1.62. The molecule has 4 nitrogen and oxygen atoms in total. The Morgan fingerprint density at radius 2 is 2.26 bits per heavy atom. The summed E-state index contributed by atoms with van der Waals surface area (Å²) >= 11 is 0. The number of nitrogens with one attached hydrogen (secondary N) is 1. The minimum atomic E-state index is -0.509. The van der Waals surface area contributed by atoms with Crippen molar-refractivity contribution in [3.63, 3.8) is 0 Å². The van der Waals surface area contributed by atoms with Gasteiger partial charge in [0.25, 0.3) is 0 Å². The first kappa shape index (κ1) is 12.8. The van der Waals surface area contributed by atoms with E-state index < -0.39 is 5.82 Å². The first-order chi connectivity index (χ1) is 9.19. The van der Waals surface area contributed by atoms with Gasteiger partial charge < -0.3 is 9.73 Å². The van der Waals surface area contributed by atoms with Gasteiger partial charge in [-0.25, -0.2) is 4.39 Å². The van der Waals surface area contributed by atoms with Crippen molar-refractivity contribution in [1.29, 1.82) is 5.26 Å². The van der Waals surface area contributed by atoms with Crippen LogP contribution in [0.3, 0.4) is 0 Å². The number of halogens is 1. The first-order valence-electron chi connectivity index (χ1n) is 5.71. The highest BCUT2D eigenvalue weighted by atomic mass is 19.1. The molecule has 1 amide bonds. The van der Waals surface area contributed by atoms with Gasteiger partial charge in [-0.2, -0.15) is 5.26 Å². The molecule has 0 spiro atoms. The second-order valence-electron chi connectivity index (χ2n) is 3.93. The normalized spacial score (nSPS) is 9.89. The second kappa shape index (κ2) is 5.83. The van der Waals surface area contributed by atoms with E-state index in [1.165, 1.54) is 12.1 Å². The van der Waals surface area contributed by atoms with Crippen LogP contribution in [-0.4, -0.2) is 5.91 Å². The fourth-order valence-corrected chi connectivity index (χ4v) is 1.62. The average Bonchev–Trinajstić information content (AvgIpc) is 2.91. The van der Waals surface area contributed by atoms with Crippen molar-refractivity contribution in [2.24, 2.45) is 0 Å². The molecule has 96 valence electrons. The lowest BCUT2D eigenvalue weighted by atomic mass is 10.1. The monoisotopic (exact) mass is 258 g/mol. The smallest absolute Gasteiger partial charge is 0.224 e. The van der Waals surface area contributed by atoms with Crippen molar-refractivity contribution in [2.45, 2.75) is 12.8 Å². The van der Waals surface area contributed by atoms with Crippen LogP contribution in [0.2, 0.25) is 0 Å². The van der Waals surface area contributed by atoms with Gasteiger partial charge in [-0.15, -0.1) is 0 Å². The fraction of sp³-hybridized carbons (Fsp3) is 0.143. The summed E-state index contributed by atoms with van der Waals surface area (Å²) in [5, 5.41) is 11.4. The molecule has 5 heteroatoms. The van der Waals surface area contributed by atoms with Gasteiger partial charge in [0.2, 0.25) is 5.91 Å². The lowest BCUT2D eigenvalue weighted by Crippen LogP contribution is -2.13. The van der Waals surface area contributed by atoms with E-state index >= 15 is 0 Å². The Morgan fingerprint density at radius 3 is 2.95 bits per heavy atom. The zero-order valence-electron chi connectivity index (χ0n) is 10.0. The van der Waals surface area contributed by atoms with Crippen molar-refractivity contribution in [2.75, 3.05) is 5.32 Å². The first-order valence-corrected chi connectivity index (χ1v) is 5.71. The van der Waals surface area contributed by atoms with Crippen LogP contribution in [0, 0.1) is 17.1 Å². The Labute approximate surface area is 109 Å². The third-order valence-electron chi connectivity index (χ3n) is 2.55. The molecule has 1 aromatic heterocycles. The zero-order valence-corrected chi connectivity index (χ0v) is 10.0. The maximum absolute atomic E-state index is 12.9. The number of benzene rings is 1. The van der Waals surface area contributed by atoms with Gasteiger partial charge >= 0.3 is 0 Å². The van der Waals surface area contributed by atoms with E-state index in [-0.39, 0.29) is 17.9 Å². The molecule has 1 heterocycles.